The summed E-state index contributed by atoms with van der Waals surface area (Å²) in [6.07, 6.45) is 0. The monoisotopic (exact) mass is 410 g/mol. The Kier molecular flexibility index (Phi) is 4.17. The number of ether oxygens (including phenoxy) is 2. The summed E-state index contributed by atoms with van der Waals surface area (Å²) < 4.78 is 26.8. The van der Waals surface area contributed by atoms with E-state index < -0.39 is 0 Å². The number of nitrogens with one attached hydrogen (secondary N) is 1. The second-order valence-corrected chi connectivity index (χ2v) is 7.51. The van der Waals surface area contributed by atoms with Gasteiger partial charge in [-0.05, 0) is 43.3 Å². The highest BCUT2D eigenvalue weighted by atomic mass is 32.1. The Hall–Kier alpha value is -3.46. The number of thiazole rings is 1. The van der Waals surface area contributed by atoms with E-state index in [0.29, 0.717) is 57.1 Å². The molecule has 0 saturated heterocycles. The molecule has 0 bridgehead atoms. The zero-order valence-electron chi connectivity index (χ0n) is 15.3. The Morgan fingerprint density at radius 3 is 2.83 bits per heavy atom. The number of fused-ring (bicyclic) bond motifs is 2. The smallest absolute Gasteiger partial charge is 0.256 e. The Balaban J connectivity index is 1.46. The largest absolute Gasteiger partial charge is 0.486 e. The highest BCUT2D eigenvalue weighted by Gasteiger charge is 2.18. The topological polar surface area (TPSA) is 78.3 Å². The van der Waals surface area contributed by atoms with Crippen molar-refractivity contribution < 1.29 is 18.7 Å². The van der Waals surface area contributed by atoms with Crippen molar-refractivity contribution in [2.24, 2.45) is 0 Å². The SMILES string of the molecule is Cc1cc(NC(=O)c2ccc3c(c2)OCCO3)n(-c2nc3ccc(F)cc3s2)n1. The highest BCUT2D eigenvalue weighted by molar-refractivity contribution is 7.20. The molecule has 0 spiro atoms. The number of aromatic nitrogens is 3. The van der Waals surface area contributed by atoms with Crippen molar-refractivity contribution in [3.8, 4) is 16.6 Å². The van der Waals surface area contributed by atoms with Crippen LogP contribution in [0.1, 0.15) is 16.1 Å². The normalized spacial score (nSPS) is 12.9. The van der Waals surface area contributed by atoms with Gasteiger partial charge in [-0.25, -0.2) is 9.37 Å². The molecule has 7 nitrogen and oxygen atoms in total. The minimum atomic E-state index is -0.323. The summed E-state index contributed by atoms with van der Waals surface area (Å²) in [7, 11) is 0. The summed E-state index contributed by atoms with van der Waals surface area (Å²) in [4.78, 5) is 17.3. The molecule has 2 aromatic heterocycles. The zero-order valence-corrected chi connectivity index (χ0v) is 16.1. The molecule has 1 amide bonds. The predicted octanol–water partition coefficient (Wildman–Crippen LogP) is 3.95. The van der Waals surface area contributed by atoms with E-state index in [1.54, 1.807) is 35.0 Å². The summed E-state index contributed by atoms with van der Waals surface area (Å²) in [6.45, 7) is 2.76. The first-order valence-electron chi connectivity index (χ1n) is 8.91. The molecule has 5 rings (SSSR count). The van der Waals surface area contributed by atoms with Crippen molar-refractivity contribution in [3.05, 3.63) is 59.5 Å². The molecular weight excluding hydrogens is 395 g/mol. The van der Waals surface area contributed by atoms with Crippen LogP contribution >= 0.6 is 11.3 Å². The molecule has 0 atom stereocenters. The van der Waals surface area contributed by atoms with Gasteiger partial charge >= 0.3 is 0 Å². The third kappa shape index (κ3) is 3.29. The van der Waals surface area contributed by atoms with Crippen molar-refractivity contribution in [2.45, 2.75) is 6.92 Å². The lowest BCUT2D eigenvalue weighted by Gasteiger charge is -2.18. The number of carbonyl (C=O) groups is 1. The summed E-state index contributed by atoms with van der Waals surface area (Å²) in [6, 6.07) is 11.2. The van der Waals surface area contributed by atoms with E-state index in [2.05, 4.69) is 15.4 Å². The Labute approximate surface area is 168 Å². The van der Waals surface area contributed by atoms with Crippen LogP contribution in [-0.4, -0.2) is 33.9 Å². The van der Waals surface area contributed by atoms with Gasteiger partial charge in [-0.15, -0.1) is 0 Å². The van der Waals surface area contributed by atoms with Crippen LogP contribution in [0.3, 0.4) is 0 Å². The van der Waals surface area contributed by atoms with Crippen LogP contribution < -0.4 is 14.8 Å². The maximum atomic E-state index is 13.5. The van der Waals surface area contributed by atoms with E-state index in [1.165, 1.54) is 23.5 Å². The lowest BCUT2D eigenvalue weighted by molar-refractivity contribution is 0.102. The number of hydrogen-bond donors (Lipinski definition) is 1. The molecule has 0 saturated carbocycles. The number of aryl methyl sites for hydroxylation is 1. The Morgan fingerprint density at radius 1 is 1.14 bits per heavy atom. The average Bonchev–Trinajstić information content (AvgIpc) is 3.30. The van der Waals surface area contributed by atoms with E-state index in [4.69, 9.17) is 9.47 Å². The maximum absolute atomic E-state index is 13.5. The molecule has 3 heterocycles. The summed E-state index contributed by atoms with van der Waals surface area (Å²) in [5.74, 6) is 1.01. The van der Waals surface area contributed by atoms with Gasteiger partial charge in [0.1, 0.15) is 24.8 Å². The lowest BCUT2D eigenvalue weighted by atomic mass is 10.2. The van der Waals surface area contributed by atoms with Gasteiger partial charge in [-0.1, -0.05) is 11.3 Å². The molecule has 2 aromatic carbocycles. The summed E-state index contributed by atoms with van der Waals surface area (Å²) >= 11 is 1.30. The number of anilines is 1. The molecule has 146 valence electrons. The van der Waals surface area contributed by atoms with Crippen LogP contribution in [0.15, 0.2) is 42.5 Å². The van der Waals surface area contributed by atoms with E-state index in [-0.39, 0.29) is 11.7 Å². The second-order valence-electron chi connectivity index (χ2n) is 6.50. The number of benzene rings is 2. The lowest BCUT2D eigenvalue weighted by Crippen LogP contribution is -2.18. The molecule has 0 unspecified atom stereocenters. The van der Waals surface area contributed by atoms with Crippen molar-refractivity contribution in [3.63, 3.8) is 0 Å². The summed E-state index contributed by atoms with van der Waals surface area (Å²) in [5.41, 5.74) is 1.82. The molecule has 0 fully saturated rings. The fraction of sp³-hybridized carbons (Fsp3) is 0.150. The number of amides is 1. The fourth-order valence-corrected chi connectivity index (χ4v) is 4.04. The standard InChI is InChI=1S/C20H15FN4O3S/c1-11-8-18(23-19(26)12-2-5-15-16(9-12)28-7-6-27-15)25(24-11)20-22-14-4-3-13(21)10-17(14)29-20/h2-5,8-10H,6-7H2,1H3,(H,23,26). The minimum Gasteiger partial charge on any atom is -0.486 e. The molecule has 1 N–H and O–H groups in total. The van der Waals surface area contributed by atoms with Crippen molar-refractivity contribution in [1.29, 1.82) is 0 Å². The molecule has 0 aliphatic carbocycles. The zero-order chi connectivity index (χ0) is 20.0. The highest BCUT2D eigenvalue weighted by Crippen LogP contribution is 2.31. The van der Waals surface area contributed by atoms with Gasteiger partial charge in [-0.2, -0.15) is 9.78 Å². The van der Waals surface area contributed by atoms with Gasteiger partial charge in [0.05, 0.1) is 15.9 Å². The number of carbonyl (C=O) groups excluding carboxylic acids is 1. The third-order valence-corrected chi connectivity index (χ3v) is 5.39. The second kappa shape index (κ2) is 6.85. The number of rotatable bonds is 3. The van der Waals surface area contributed by atoms with Gasteiger partial charge in [0, 0.05) is 11.6 Å². The van der Waals surface area contributed by atoms with Crippen molar-refractivity contribution >= 4 is 33.3 Å². The number of nitrogens with zero attached hydrogens (tertiary/aromatic N) is 3. The first-order chi connectivity index (χ1) is 14.1. The summed E-state index contributed by atoms with van der Waals surface area (Å²) in [5, 5.41) is 7.83. The number of halogens is 1. The third-order valence-electron chi connectivity index (χ3n) is 4.40. The van der Waals surface area contributed by atoms with E-state index in [1.807, 2.05) is 6.92 Å². The molecular formula is C20H15FN4O3S. The first-order valence-corrected chi connectivity index (χ1v) is 9.72. The molecule has 1 aliphatic rings. The van der Waals surface area contributed by atoms with Crippen LogP contribution in [0.4, 0.5) is 10.2 Å². The van der Waals surface area contributed by atoms with Crippen LogP contribution in [0, 0.1) is 12.7 Å². The first kappa shape index (κ1) is 17.6. The molecule has 1 aliphatic heterocycles. The van der Waals surface area contributed by atoms with E-state index in [0.717, 1.165) is 0 Å². The predicted molar refractivity (Wildman–Crippen MR) is 107 cm³/mol. The minimum absolute atomic E-state index is 0.310. The Bertz CT molecular complexity index is 1250. The van der Waals surface area contributed by atoms with Gasteiger partial charge in [-0.3, -0.25) is 4.79 Å². The van der Waals surface area contributed by atoms with Crippen molar-refractivity contribution in [2.75, 3.05) is 18.5 Å². The van der Waals surface area contributed by atoms with Crippen LogP contribution in [0.5, 0.6) is 11.5 Å². The maximum Gasteiger partial charge on any atom is 0.256 e. The van der Waals surface area contributed by atoms with Crippen LogP contribution in [-0.2, 0) is 0 Å². The van der Waals surface area contributed by atoms with Crippen LogP contribution in [0.2, 0.25) is 0 Å². The molecule has 29 heavy (non-hydrogen) atoms. The van der Waals surface area contributed by atoms with Crippen LogP contribution in [0.25, 0.3) is 15.3 Å². The van der Waals surface area contributed by atoms with E-state index in [9.17, 15) is 9.18 Å². The fourth-order valence-electron chi connectivity index (χ4n) is 3.08. The Morgan fingerprint density at radius 2 is 1.97 bits per heavy atom. The van der Waals surface area contributed by atoms with E-state index >= 15 is 0 Å². The number of hydrogen-bond acceptors (Lipinski definition) is 6. The molecule has 0 radical (unpaired) electrons. The molecule has 9 heteroatoms. The van der Waals surface area contributed by atoms with Gasteiger partial charge in [0.25, 0.3) is 5.91 Å². The van der Waals surface area contributed by atoms with Crippen molar-refractivity contribution in [1.82, 2.24) is 14.8 Å². The van der Waals surface area contributed by atoms with Gasteiger partial charge < -0.3 is 14.8 Å². The van der Waals surface area contributed by atoms with Gasteiger partial charge in [0.2, 0.25) is 5.13 Å². The average molecular weight is 410 g/mol. The molecule has 4 aromatic rings. The quantitative estimate of drug-likeness (QED) is 0.553. The van der Waals surface area contributed by atoms with Gasteiger partial charge in [0.15, 0.2) is 11.5 Å².